The summed E-state index contributed by atoms with van der Waals surface area (Å²) in [6.07, 6.45) is 0. The summed E-state index contributed by atoms with van der Waals surface area (Å²) >= 11 is 0. The minimum absolute atomic E-state index is 0.0978. The van der Waals surface area contributed by atoms with E-state index in [2.05, 4.69) is 31.2 Å². The first-order valence-electron chi connectivity index (χ1n) is 5.98. The van der Waals surface area contributed by atoms with Crippen LogP contribution in [0.1, 0.15) is 25.0 Å². The van der Waals surface area contributed by atoms with Gasteiger partial charge in [-0.3, -0.25) is 4.79 Å². The number of amides is 1. The fourth-order valence-electron chi connectivity index (χ4n) is 1.62. The van der Waals surface area contributed by atoms with Gasteiger partial charge in [0.2, 0.25) is 5.91 Å². The molecule has 0 aliphatic heterocycles. The predicted octanol–water partition coefficient (Wildman–Crippen LogP) is 1.94. The zero-order chi connectivity index (χ0) is 13.0. The van der Waals surface area contributed by atoms with Gasteiger partial charge >= 0.3 is 0 Å². The summed E-state index contributed by atoms with van der Waals surface area (Å²) in [6, 6.07) is 8.11. The third-order valence-electron chi connectivity index (χ3n) is 3.09. The fraction of sp³-hybridized carbons (Fsp3) is 0.500. The molecule has 1 aromatic rings. The van der Waals surface area contributed by atoms with Gasteiger partial charge in [0.05, 0.1) is 5.92 Å². The Kier molecular flexibility index (Phi) is 4.70. The van der Waals surface area contributed by atoms with E-state index in [1.54, 1.807) is 4.90 Å². The standard InChI is InChI=1S/C14H22N2O/c1-10-5-7-13(8-6-10)9-16(4)14(17)11(2)12(3)15/h5-8,11-12H,9,15H2,1-4H3. The normalized spacial score (nSPS) is 14.2. The molecule has 0 saturated carbocycles. The fourth-order valence-corrected chi connectivity index (χ4v) is 1.62. The molecule has 0 fully saturated rings. The van der Waals surface area contributed by atoms with Crippen LogP contribution in [0.4, 0.5) is 0 Å². The first kappa shape index (κ1) is 13.7. The number of carbonyl (C=O) groups excluding carboxylic acids is 1. The van der Waals surface area contributed by atoms with Crippen LogP contribution in [0.3, 0.4) is 0 Å². The van der Waals surface area contributed by atoms with Crippen molar-refractivity contribution in [3.63, 3.8) is 0 Å². The second-order valence-electron chi connectivity index (χ2n) is 4.83. The van der Waals surface area contributed by atoms with Crippen molar-refractivity contribution < 1.29 is 4.79 Å². The van der Waals surface area contributed by atoms with Crippen molar-refractivity contribution >= 4 is 5.91 Å². The van der Waals surface area contributed by atoms with Crippen molar-refractivity contribution in [1.29, 1.82) is 0 Å². The van der Waals surface area contributed by atoms with Crippen molar-refractivity contribution in [3.05, 3.63) is 35.4 Å². The van der Waals surface area contributed by atoms with Crippen molar-refractivity contribution in [1.82, 2.24) is 4.90 Å². The van der Waals surface area contributed by atoms with E-state index in [4.69, 9.17) is 5.73 Å². The first-order chi connectivity index (χ1) is 7.91. The highest BCUT2D eigenvalue weighted by molar-refractivity contribution is 5.78. The topological polar surface area (TPSA) is 46.3 Å². The van der Waals surface area contributed by atoms with Crippen molar-refractivity contribution in [2.75, 3.05) is 7.05 Å². The van der Waals surface area contributed by atoms with Crippen LogP contribution >= 0.6 is 0 Å². The lowest BCUT2D eigenvalue weighted by atomic mass is 10.0. The molecule has 94 valence electrons. The molecular weight excluding hydrogens is 212 g/mol. The molecule has 1 rings (SSSR count). The van der Waals surface area contributed by atoms with E-state index in [1.165, 1.54) is 5.56 Å². The van der Waals surface area contributed by atoms with E-state index in [0.29, 0.717) is 6.54 Å². The molecule has 17 heavy (non-hydrogen) atoms. The summed E-state index contributed by atoms with van der Waals surface area (Å²) in [6.45, 7) is 6.42. The zero-order valence-electron chi connectivity index (χ0n) is 11.1. The monoisotopic (exact) mass is 234 g/mol. The number of aryl methyl sites for hydroxylation is 1. The summed E-state index contributed by atoms with van der Waals surface area (Å²) in [5.41, 5.74) is 8.11. The van der Waals surface area contributed by atoms with Gasteiger partial charge in [0.25, 0.3) is 0 Å². The van der Waals surface area contributed by atoms with Gasteiger partial charge in [0.15, 0.2) is 0 Å². The van der Waals surface area contributed by atoms with E-state index in [-0.39, 0.29) is 17.9 Å². The van der Waals surface area contributed by atoms with Crippen LogP contribution < -0.4 is 5.73 Å². The lowest BCUT2D eigenvalue weighted by Crippen LogP contribution is -2.39. The minimum atomic E-state index is -0.134. The highest BCUT2D eigenvalue weighted by atomic mass is 16.2. The molecule has 3 heteroatoms. The van der Waals surface area contributed by atoms with E-state index in [1.807, 2.05) is 20.9 Å². The summed E-state index contributed by atoms with van der Waals surface area (Å²) < 4.78 is 0. The highest BCUT2D eigenvalue weighted by Gasteiger charge is 2.20. The lowest BCUT2D eigenvalue weighted by Gasteiger charge is -2.23. The van der Waals surface area contributed by atoms with Gasteiger partial charge in [-0.2, -0.15) is 0 Å². The molecule has 1 amide bonds. The summed E-state index contributed by atoms with van der Waals surface area (Å²) in [5.74, 6) is -0.0361. The quantitative estimate of drug-likeness (QED) is 0.865. The van der Waals surface area contributed by atoms with Gasteiger partial charge in [0.1, 0.15) is 0 Å². The number of rotatable bonds is 4. The van der Waals surface area contributed by atoms with Gasteiger partial charge < -0.3 is 10.6 Å². The molecule has 2 atom stereocenters. The molecule has 0 heterocycles. The van der Waals surface area contributed by atoms with Crippen LogP contribution in [0.2, 0.25) is 0 Å². The first-order valence-corrected chi connectivity index (χ1v) is 5.98. The number of hydrogen-bond acceptors (Lipinski definition) is 2. The maximum absolute atomic E-state index is 12.0. The van der Waals surface area contributed by atoms with E-state index < -0.39 is 0 Å². The average molecular weight is 234 g/mol. The van der Waals surface area contributed by atoms with Crippen molar-refractivity contribution in [2.45, 2.75) is 33.4 Å². The summed E-state index contributed by atoms with van der Waals surface area (Å²) in [7, 11) is 1.82. The van der Waals surface area contributed by atoms with Gasteiger partial charge in [-0.1, -0.05) is 36.8 Å². The second kappa shape index (κ2) is 5.82. The Morgan fingerprint density at radius 2 is 1.82 bits per heavy atom. The van der Waals surface area contributed by atoms with Gasteiger partial charge in [-0.15, -0.1) is 0 Å². The van der Waals surface area contributed by atoms with Crippen LogP contribution in [-0.4, -0.2) is 23.9 Å². The third kappa shape index (κ3) is 3.86. The van der Waals surface area contributed by atoms with E-state index in [0.717, 1.165) is 5.56 Å². The molecule has 0 aliphatic rings. The molecule has 0 spiro atoms. The van der Waals surface area contributed by atoms with Crippen LogP contribution in [-0.2, 0) is 11.3 Å². The van der Waals surface area contributed by atoms with Gasteiger partial charge in [-0.25, -0.2) is 0 Å². The van der Waals surface area contributed by atoms with Crippen LogP contribution in [0, 0.1) is 12.8 Å². The predicted molar refractivity (Wildman–Crippen MR) is 70.5 cm³/mol. The summed E-state index contributed by atoms with van der Waals surface area (Å²) in [5, 5.41) is 0. The van der Waals surface area contributed by atoms with Crippen molar-refractivity contribution in [2.24, 2.45) is 11.7 Å². The third-order valence-corrected chi connectivity index (χ3v) is 3.09. The lowest BCUT2D eigenvalue weighted by molar-refractivity contribution is -0.134. The molecule has 3 nitrogen and oxygen atoms in total. The second-order valence-corrected chi connectivity index (χ2v) is 4.83. The van der Waals surface area contributed by atoms with Crippen LogP contribution in [0.25, 0.3) is 0 Å². The molecule has 2 N–H and O–H groups in total. The SMILES string of the molecule is Cc1ccc(CN(C)C(=O)C(C)C(C)N)cc1. The summed E-state index contributed by atoms with van der Waals surface area (Å²) in [4.78, 5) is 13.7. The molecule has 0 saturated heterocycles. The number of carbonyl (C=O) groups is 1. The molecule has 0 aromatic heterocycles. The average Bonchev–Trinajstić information content (AvgIpc) is 2.30. The Hall–Kier alpha value is -1.35. The van der Waals surface area contributed by atoms with Gasteiger partial charge in [0, 0.05) is 19.6 Å². The van der Waals surface area contributed by atoms with E-state index >= 15 is 0 Å². The number of benzene rings is 1. The molecule has 0 radical (unpaired) electrons. The zero-order valence-corrected chi connectivity index (χ0v) is 11.1. The molecule has 2 unspecified atom stereocenters. The Balaban J connectivity index is 2.63. The Morgan fingerprint density at radius 3 is 2.29 bits per heavy atom. The number of nitrogens with two attached hydrogens (primary N) is 1. The number of hydrogen-bond donors (Lipinski definition) is 1. The number of nitrogens with zero attached hydrogens (tertiary/aromatic N) is 1. The largest absolute Gasteiger partial charge is 0.341 e. The van der Waals surface area contributed by atoms with Crippen LogP contribution in [0.5, 0.6) is 0 Å². The van der Waals surface area contributed by atoms with Crippen molar-refractivity contribution in [3.8, 4) is 0 Å². The van der Waals surface area contributed by atoms with Gasteiger partial charge in [-0.05, 0) is 19.4 Å². The molecule has 0 bridgehead atoms. The molecule has 0 aliphatic carbocycles. The Labute approximate surface area is 104 Å². The maximum atomic E-state index is 12.0. The minimum Gasteiger partial charge on any atom is -0.341 e. The Morgan fingerprint density at radius 1 is 1.29 bits per heavy atom. The molecular formula is C14H22N2O. The van der Waals surface area contributed by atoms with Crippen LogP contribution in [0.15, 0.2) is 24.3 Å². The van der Waals surface area contributed by atoms with E-state index in [9.17, 15) is 4.79 Å². The smallest absolute Gasteiger partial charge is 0.226 e. The highest BCUT2D eigenvalue weighted by Crippen LogP contribution is 2.10. The molecule has 1 aromatic carbocycles. The maximum Gasteiger partial charge on any atom is 0.226 e. The Bertz CT molecular complexity index is 370.